The second-order valence-electron chi connectivity index (χ2n) is 5.08. The lowest BCUT2D eigenvalue weighted by Crippen LogP contribution is -2.23. The molecule has 2 N–H and O–H groups in total. The predicted octanol–water partition coefficient (Wildman–Crippen LogP) is 2.16. The predicted molar refractivity (Wildman–Crippen MR) is 59.4 cm³/mol. The van der Waals surface area contributed by atoms with E-state index in [1.54, 1.807) is 6.08 Å². The first-order chi connectivity index (χ1) is 7.09. The molecule has 2 aliphatic rings. The Morgan fingerprint density at radius 1 is 1.33 bits per heavy atom. The van der Waals surface area contributed by atoms with Crippen LogP contribution in [0.2, 0.25) is 0 Å². The Morgan fingerprint density at radius 3 is 2.67 bits per heavy atom. The van der Waals surface area contributed by atoms with Gasteiger partial charge in [0.05, 0.1) is 11.7 Å². The van der Waals surface area contributed by atoms with Crippen LogP contribution in [-0.2, 0) is 0 Å². The topological polar surface area (TPSA) is 40.5 Å². The molecule has 2 nitrogen and oxygen atoms in total. The smallest absolute Gasteiger partial charge is 0.0900 e. The maximum absolute atomic E-state index is 10.1. The Balaban J connectivity index is 2.09. The maximum atomic E-state index is 10.1. The molecule has 0 radical (unpaired) electrons. The number of aliphatic hydroxyl groups excluding tert-OH is 1. The first kappa shape index (κ1) is 10.9. The van der Waals surface area contributed by atoms with E-state index >= 15 is 0 Å². The minimum absolute atomic E-state index is 0.329. The lowest BCUT2D eigenvalue weighted by Gasteiger charge is -2.20. The number of hydrogen-bond donors (Lipinski definition) is 2. The fraction of sp³-hybridized carbons (Fsp3) is 0.769. The summed E-state index contributed by atoms with van der Waals surface area (Å²) in [5, 5.41) is 19.8. The van der Waals surface area contributed by atoms with E-state index in [1.165, 1.54) is 0 Å². The highest BCUT2D eigenvalue weighted by Crippen LogP contribution is 2.40. The zero-order chi connectivity index (χ0) is 10.9. The molecular formula is C13H20O2. The molecule has 2 fully saturated rings. The average Bonchev–Trinajstić information content (AvgIpc) is 3.00. The summed E-state index contributed by atoms with van der Waals surface area (Å²) < 4.78 is 0. The molecule has 0 aliphatic heterocycles. The van der Waals surface area contributed by atoms with Gasteiger partial charge >= 0.3 is 0 Å². The van der Waals surface area contributed by atoms with Crippen molar-refractivity contribution in [3.63, 3.8) is 0 Å². The summed E-state index contributed by atoms with van der Waals surface area (Å²) >= 11 is 0. The van der Waals surface area contributed by atoms with Gasteiger partial charge in [-0.3, -0.25) is 0 Å². The van der Waals surface area contributed by atoms with Crippen molar-refractivity contribution in [1.82, 2.24) is 0 Å². The summed E-state index contributed by atoms with van der Waals surface area (Å²) in [4.78, 5) is 0. The first-order valence-electron chi connectivity index (χ1n) is 5.96. The van der Waals surface area contributed by atoms with E-state index in [4.69, 9.17) is 0 Å². The van der Waals surface area contributed by atoms with Gasteiger partial charge in [0.2, 0.25) is 0 Å². The Labute approximate surface area is 91.3 Å². The van der Waals surface area contributed by atoms with E-state index in [2.05, 4.69) is 5.73 Å². The van der Waals surface area contributed by atoms with Crippen molar-refractivity contribution < 1.29 is 10.2 Å². The van der Waals surface area contributed by atoms with Crippen LogP contribution in [0.15, 0.2) is 17.4 Å². The van der Waals surface area contributed by atoms with Gasteiger partial charge in [-0.05, 0) is 56.6 Å². The van der Waals surface area contributed by atoms with E-state index in [9.17, 15) is 10.2 Å². The van der Waals surface area contributed by atoms with Gasteiger partial charge in [0.15, 0.2) is 0 Å². The second-order valence-corrected chi connectivity index (χ2v) is 5.08. The largest absolute Gasteiger partial charge is 0.388 e. The number of aliphatic hydroxyl groups is 2. The molecule has 15 heavy (non-hydrogen) atoms. The molecule has 0 aromatic rings. The molecule has 0 heterocycles. The summed E-state index contributed by atoms with van der Waals surface area (Å²) in [6.45, 7) is 1.84. The third-order valence-electron chi connectivity index (χ3n) is 3.53. The molecule has 2 atom stereocenters. The normalized spacial score (nSPS) is 30.6. The summed E-state index contributed by atoms with van der Waals surface area (Å²) in [6.07, 6.45) is 7.68. The molecule has 2 aliphatic carbocycles. The fourth-order valence-electron chi connectivity index (χ4n) is 2.19. The summed E-state index contributed by atoms with van der Waals surface area (Å²) in [5.41, 5.74) is 3.38. The van der Waals surface area contributed by atoms with Crippen LogP contribution >= 0.6 is 0 Å². The number of hydrogen-bond acceptors (Lipinski definition) is 2. The van der Waals surface area contributed by atoms with Crippen molar-refractivity contribution in [2.45, 2.75) is 57.2 Å². The fourth-order valence-corrected chi connectivity index (χ4v) is 2.19. The van der Waals surface area contributed by atoms with Crippen LogP contribution < -0.4 is 0 Å². The minimum Gasteiger partial charge on any atom is -0.388 e. The Bertz CT molecular complexity index is 294. The summed E-state index contributed by atoms with van der Waals surface area (Å²) in [7, 11) is 0. The van der Waals surface area contributed by atoms with Crippen molar-refractivity contribution in [3.8, 4) is 0 Å². The van der Waals surface area contributed by atoms with Gasteiger partial charge in [-0.1, -0.05) is 6.42 Å². The second kappa shape index (κ2) is 4.13. The minimum atomic E-state index is -0.718. The highest BCUT2D eigenvalue weighted by molar-refractivity contribution is 5.14. The number of rotatable bonds is 2. The van der Waals surface area contributed by atoms with Crippen LogP contribution in [0.3, 0.4) is 0 Å². The molecule has 2 saturated carbocycles. The van der Waals surface area contributed by atoms with Crippen molar-refractivity contribution in [1.29, 1.82) is 0 Å². The SMILES string of the molecule is CC(O)(C=C=C1CCCC[C@@H]1O)C1CC1. The molecule has 0 aromatic carbocycles. The van der Waals surface area contributed by atoms with E-state index < -0.39 is 5.60 Å². The molecule has 1 unspecified atom stereocenters. The highest BCUT2D eigenvalue weighted by atomic mass is 16.3. The van der Waals surface area contributed by atoms with Crippen LogP contribution in [0.4, 0.5) is 0 Å². The third kappa shape index (κ3) is 2.72. The zero-order valence-corrected chi connectivity index (χ0v) is 9.37. The highest BCUT2D eigenvalue weighted by Gasteiger charge is 2.38. The average molecular weight is 208 g/mol. The zero-order valence-electron chi connectivity index (χ0n) is 9.37. The molecule has 2 rings (SSSR count). The van der Waals surface area contributed by atoms with Gasteiger partial charge < -0.3 is 10.2 Å². The molecule has 0 amide bonds. The summed E-state index contributed by atoms with van der Waals surface area (Å²) in [5.74, 6) is 0.409. The molecule has 0 saturated heterocycles. The van der Waals surface area contributed by atoms with Crippen LogP contribution in [0.5, 0.6) is 0 Å². The standard InChI is InChI=1S/C13H20O2/c1-13(15,11-6-7-11)9-8-10-4-2-3-5-12(10)14/h9,11-12,14-15H,2-7H2,1H3/t8?,12-,13?/m0/s1. The van der Waals surface area contributed by atoms with E-state index in [0.717, 1.165) is 44.1 Å². The van der Waals surface area contributed by atoms with Gasteiger partial charge in [0.25, 0.3) is 0 Å². The third-order valence-corrected chi connectivity index (χ3v) is 3.53. The van der Waals surface area contributed by atoms with Crippen LogP contribution in [0.25, 0.3) is 0 Å². The van der Waals surface area contributed by atoms with Crippen molar-refractivity contribution in [2.75, 3.05) is 0 Å². The monoisotopic (exact) mass is 208 g/mol. The van der Waals surface area contributed by atoms with Crippen molar-refractivity contribution >= 4 is 0 Å². The molecule has 84 valence electrons. The molecule has 2 heteroatoms. The van der Waals surface area contributed by atoms with Crippen LogP contribution in [0.1, 0.15) is 45.4 Å². The van der Waals surface area contributed by atoms with Gasteiger partial charge in [-0.2, -0.15) is 0 Å². The first-order valence-corrected chi connectivity index (χ1v) is 5.96. The molecule has 0 bridgehead atoms. The Morgan fingerprint density at radius 2 is 2.07 bits per heavy atom. The lowest BCUT2D eigenvalue weighted by atomic mass is 9.91. The molecular weight excluding hydrogens is 188 g/mol. The van der Waals surface area contributed by atoms with E-state index in [1.807, 2.05) is 6.92 Å². The van der Waals surface area contributed by atoms with Gasteiger partial charge in [0, 0.05) is 0 Å². The lowest BCUT2D eigenvalue weighted by molar-refractivity contribution is 0.0877. The van der Waals surface area contributed by atoms with Gasteiger partial charge in [0.1, 0.15) is 0 Å². The van der Waals surface area contributed by atoms with Gasteiger partial charge in [-0.25, -0.2) is 0 Å². The van der Waals surface area contributed by atoms with E-state index in [0.29, 0.717) is 5.92 Å². The molecule has 0 aromatic heterocycles. The Kier molecular flexibility index (Phi) is 3.01. The summed E-state index contributed by atoms with van der Waals surface area (Å²) in [6, 6.07) is 0. The van der Waals surface area contributed by atoms with Gasteiger partial charge in [-0.15, -0.1) is 5.73 Å². The molecule has 0 spiro atoms. The maximum Gasteiger partial charge on any atom is 0.0900 e. The van der Waals surface area contributed by atoms with E-state index in [-0.39, 0.29) is 6.10 Å². The quantitative estimate of drug-likeness (QED) is 0.683. The van der Waals surface area contributed by atoms with Crippen LogP contribution in [-0.4, -0.2) is 21.9 Å². The van der Waals surface area contributed by atoms with Crippen molar-refractivity contribution in [2.24, 2.45) is 5.92 Å². The Hall–Kier alpha value is -0.560. The van der Waals surface area contributed by atoms with Crippen LogP contribution in [0, 0.1) is 5.92 Å². The van der Waals surface area contributed by atoms with Crippen molar-refractivity contribution in [3.05, 3.63) is 17.4 Å².